The number of carboxylic acid groups (broad SMARTS) is 1. The number of benzene rings is 3. The van der Waals surface area contributed by atoms with Crippen molar-refractivity contribution in [2.75, 3.05) is 10.2 Å². The SMILES string of the molecule is CC(C)(C)c1cccc(N2C(=O)c3ccccc3C2(O)c2ccc3nc(NC(=O)O)[nH]c3c2)c1. The van der Waals surface area contributed by atoms with E-state index in [1.807, 2.05) is 24.3 Å². The number of fused-ring (bicyclic) bond motifs is 2. The van der Waals surface area contributed by atoms with E-state index in [9.17, 15) is 14.7 Å². The number of H-pyrrole nitrogens is 1. The van der Waals surface area contributed by atoms with Gasteiger partial charge in [-0.1, -0.05) is 57.2 Å². The van der Waals surface area contributed by atoms with Crippen molar-refractivity contribution in [2.45, 2.75) is 31.9 Å². The number of amides is 2. The van der Waals surface area contributed by atoms with Crippen LogP contribution in [0.3, 0.4) is 0 Å². The number of aliphatic hydroxyl groups is 1. The van der Waals surface area contributed by atoms with Gasteiger partial charge in [-0.15, -0.1) is 0 Å². The lowest BCUT2D eigenvalue weighted by Crippen LogP contribution is -2.45. The fraction of sp³-hybridized carbons (Fsp3) is 0.192. The van der Waals surface area contributed by atoms with Crippen LogP contribution in [0.2, 0.25) is 0 Å². The Hall–Kier alpha value is -4.17. The summed E-state index contributed by atoms with van der Waals surface area (Å²) in [4.78, 5) is 33.1. The van der Waals surface area contributed by atoms with Crippen molar-refractivity contribution in [3.05, 3.63) is 89.0 Å². The number of rotatable bonds is 3. The van der Waals surface area contributed by atoms with E-state index in [1.165, 1.54) is 4.90 Å². The number of carbonyl (C=O) groups is 2. The molecule has 4 N–H and O–H groups in total. The first-order valence-electron chi connectivity index (χ1n) is 10.9. The number of hydrogen-bond donors (Lipinski definition) is 4. The second kappa shape index (κ2) is 7.43. The Balaban J connectivity index is 1.70. The Morgan fingerprint density at radius 1 is 1.06 bits per heavy atom. The van der Waals surface area contributed by atoms with Crippen LogP contribution < -0.4 is 10.2 Å². The Bertz CT molecular complexity index is 1450. The van der Waals surface area contributed by atoms with E-state index in [0.29, 0.717) is 33.4 Å². The topological polar surface area (TPSA) is 119 Å². The second-order valence-corrected chi connectivity index (χ2v) is 9.41. The number of carbonyl (C=O) groups excluding carboxylic acids is 1. The molecular formula is C26H24N4O4. The summed E-state index contributed by atoms with van der Waals surface area (Å²) in [6.07, 6.45) is -1.24. The number of nitrogens with zero attached hydrogens (tertiary/aromatic N) is 2. The molecule has 1 atom stereocenters. The summed E-state index contributed by atoms with van der Waals surface area (Å²) in [5.74, 6) is -0.230. The van der Waals surface area contributed by atoms with Gasteiger partial charge in [-0.05, 0) is 41.3 Å². The van der Waals surface area contributed by atoms with Crippen LogP contribution in [0.4, 0.5) is 16.4 Å². The lowest BCUT2D eigenvalue weighted by Gasteiger charge is -2.35. The molecule has 0 aliphatic carbocycles. The minimum Gasteiger partial charge on any atom is -0.465 e. The molecule has 2 heterocycles. The summed E-state index contributed by atoms with van der Waals surface area (Å²) in [5.41, 5.74) is 2.08. The lowest BCUT2D eigenvalue weighted by atomic mass is 9.86. The van der Waals surface area contributed by atoms with Crippen LogP contribution in [0.15, 0.2) is 66.7 Å². The highest BCUT2D eigenvalue weighted by Gasteiger charge is 2.50. The van der Waals surface area contributed by atoms with Crippen LogP contribution in [-0.4, -0.2) is 32.2 Å². The quantitative estimate of drug-likeness (QED) is 0.353. The number of anilines is 2. The van der Waals surface area contributed by atoms with Crippen LogP contribution >= 0.6 is 0 Å². The molecule has 8 heteroatoms. The molecule has 3 aromatic carbocycles. The molecule has 5 rings (SSSR count). The highest BCUT2D eigenvalue weighted by molar-refractivity contribution is 6.12. The summed E-state index contributed by atoms with van der Waals surface area (Å²) in [6, 6.07) is 19.7. The van der Waals surface area contributed by atoms with Gasteiger partial charge >= 0.3 is 6.09 Å². The molecule has 0 fully saturated rings. The van der Waals surface area contributed by atoms with E-state index in [4.69, 9.17) is 5.11 Å². The molecule has 0 radical (unpaired) electrons. The van der Waals surface area contributed by atoms with Crippen LogP contribution in [0.1, 0.15) is 47.8 Å². The van der Waals surface area contributed by atoms with Gasteiger partial charge < -0.3 is 15.2 Å². The molecule has 8 nitrogen and oxygen atoms in total. The molecule has 172 valence electrons. The molecular weight excluding hydrogens is 432 g/mol. The molecule has 2 amide bonds. The lowest BCUT2D eigenvalue weighted by molar-refractivity contribution is 0.0704. The minimum absolute atomic E-state index is 0.0734. The van der Waals surface area contributed by atoms with Crippen molar-refractivity contribution in [3.8, 4) is 0 Å². The van der Waals surface area contributed by atoms with Crippen molar-refractivity contribution in [3.63, 3.8) is 0 Å². The van der Waals surface area contributed by atoms with Crippen LogP contribution in [0.5, 0.6) is 0 Å². The van der Waals surface area contributed by atoms with E-state index < -0.39 is 11.8 Å². The van der Waals surface area contributed by atoms with Crippen LogP contribution in [0, 0.1) is 0 Å². The first-order chi connectivity index (χ1) is 16.1. The third-order valence-electron chi connectivity index (χ3n) is 6.14. The summed E-state index contributed by atoms with van der Waals surface area (Å²) >= 11 is 0. The molecule has 0 saturated heterocycles. The van der Waals surface area contributed by atoms with Gasteiger partial charge in [0.05, 0.1) is 11.0 Å². The maximum Gasteiger partial charge on any atom is 0.411 e. The molecule has 0 bridgehead atoms. The van der Waals surface area contributed by atoms with Crippen molar-refractivity contribution >= 4 is 34.7 Å². The predicted octanol–water partition coefficient (Wildman–Crippen LogP) is 4.80. The van der Waals surface area contributed by atoms with Gasteiger partial charge in [-0.25, -0.2) is 9.78 Å². The summed E-state index contributed by atoms with van der Waals surface area (Å²) < 4.78 is 0. The van der Waals surface area contributed by atoms with Gasteiger partial charge in [0, 0.05) is 22.4 Å². The zero-order valence-electron chi connectivity index (χ0n) is 19.0. The third-order valence-corrected chi connectivity index (χ3v) is 6.14. The third kappa shape index (κ3) is 3.31. The Morgan fingerprint density at radius 2 is 1.82 bits per heavy atom. The molecule has 4 aromatic rings. The maximum atomic E-state index is 13.6. The van der Waals surface area contributed by atoms with Crippen LogP contribution in [-0.2, 0) is 11.1 Å². The van der Waals surface area contributed by atoms with Crippen molar-refractivity contribution in [2.24, 2.45) is 0 Å². The van der Waals surface area contributed by atoms with E-state index in [1.54, 1.807) is 42.5 Å². The Labute approximate surface area is 195 Å². The average Bonchev–Trinajstić information content (AvgIpc) is 3.29. The molecule has 0 saturated carbocycles. The zero-order chi connectivity index (χ0) is 24.3. The minimum atomic E-state index is -1.77. The smallest absolute Gasteiger partial charge is 0.411 e. The fourth-order valence-corrected chi connectivity index (χ4v) is 4.45. The number of imidazole rings is 1. The number of nitrogens with one attached hydrogen (secondary N) is 2. The molecule has 1 aliphatic rings. The van der Waals surface area contributed by atoms with Gasteiger partial charge in [-0.3, -0.25) is 15.0 Å². The molecule has 0 spiro atoms. The van der Waals surface area contributed by atoms with Crippen molar-refractivity contribution in [1.29, 1.82) is 0 Å². The summed E-state index contributed by atoms with van der Waals surface area (Å²) in [5, 5.41) is 23.4. The number of aromatic nitrogens is 2. The predicted molar refractivity (Wildman–Crippen MR) is 129 cm³/mol. The first kappa shape index (κ1) is 21.7. The fourth-order valence-electron chi connectivity index (χ4n) is 4.45. The Morgan fingerprint density at radius 3 is 2.56 bits per heavy atom. The number of hydrogen-bond acceptors (Lipinski definition) is 4. The standard InChI is InChI=1S/C26H24N4O4/c1-25(2,3)15-7-6-8-17(13-15)30-22(31)18-9-4-5-10-19(18)26(30,34)16-11-12-20-21(14-16)28-23(27-20)29-24(32)33/h4-14,34H,1-3H3,(H,32,33)(H2,27,28,29). The normalized spacial score (nSPS) is 17.8. The molecule has 1 aromatic heterocycles. The van der Waals surface area contributed by atoms with E-state index in [-0.39, 0.29) is 17.3 Å². The highest BCUT2D eigenvalue weighted by Crippen LogP contribution is 2.46. The largest absolute Gasteiger partial charge is 0.465 e. The van der Waals surface area contributed by atoms with E-state index in [0.717, 1.165) is 5.56 Å². The van der Waals surface area contributed by atoms with Gasteiger partial charge in [0.1, 0.15) is 0 Å². The van der Waals surface area contributed by atoms with Crippen molar-refractivity contribution < 1.29 is 19.8 Å². The van der Waals surface area contributed by atoms with Gasteiger partial charge in [0.15, 0.2) is 5.72 Å². The van der Waals surface area contributed by atoms with Gasteiger partial charge in [0.2, 0.25) is 5.95 Å². The molecule has 1 unspecified atom stereocenters. The second-order valence-electron chi connectivity index (χ2n) is 9.41. The Kier molecular flexibility index (Phi) is 4.73. The number of aromatic amines is 1. The maximum absolute atomic E-state index is 13.6. The van der Waals surface area contributed by atoms with E-state index >= 15 is 0 Å². The summed E-state index contributed by atoms with van der Waals surface area (Å²) in [7, 11) is 0. The molecule has 1 aliphatic heterocycles. The average molecular weight is 457 g/mol. The summed E-state index contributed by atoms with van der Waals surface area (Å²) in [6.45, 7) is 6.27. The van der Waals surface area contributed by atoms with Crippen molar-refractivity contribution in [1.82, 2.24) is 9.97 Å². The van der Waals surface area contributed by atoms with Gasteiger partial charge in [0.25, 0.3) is 5.91 Å². The van der Waals surface area contributed by atoms with Gasteiger partial charge in [-0.2, -0.15) is 0 Å². The molecule has 34 heavy (non-hydrogen) atoms. The van der Waals surface area contributed by atoms with Crippen LogP contribution in [0.25, 0.3) is 11.0 Å². The van der Waals surface area contributed by atoms with E-state index in [2.05, 4.69) is 36.1 Å². The highest BCUT2D eigenvalue weighted by atomic mass is 16.4. The monoisotopic (exact) mass is 456 g/mol. The zero-order valence-corrected chi connectivity index (χ0v) is 19.0. The first-order valence-corrected chi connectivity index (χ1v) is 10.9.